The molecule has 0 atom stereocenters. The van der Waals surface area contributed by atoms with E-state index in [0.29, 0.717) is 4.88 Å². The average Bonchev–Trinajstić information content (AvgIpc) is 2.77. The van der Waals surface area contributed by atoms with E-state index in [1.165, 1.54) is 11.3 Å². The second-order valence-corrected chi connectivity index (χ2v) is 5.01. The van der Waals surface area contributed by atoms with Gasteiger partial charge in [-0.2, -0.15) is 0 Å². The molecule has 2 aromatic rings. The van der Waals surface area contributed by atoms with Gasteiger partial charge in [0, 0.05) is 10.7 Å². The molecule has 3 nitrogen and oxygen atoms in total. The van der Waals surface area contributed by atoms with Crippen LogP contribution < -0.4 is 4.74 Å². The summed E-state index contributed by atoms with van der Waals surface area (Å²) in [6.07, 6.45) is 2.36. The molecule has 0 aliphatic carbocycles. The van der Waals surface area contributed by atoms with Gasteiger partial charge in [0.1, 0.15) is 10.8 Å². The lowest BCUT2D eigenvalue weighted by Gasteiger charge is -2.05. The summed E-state index contributed by atoms with van der Waals surface area (Å²) in [7, 11) is 1.61. The molecule has 0 aliphatic heterocycles. The molecule has 1 aromatic carbocycles. The number of thiazole rings is 1. The number of carbonyl (C=O) groups excluding carboxylic acids is 1. The molecule has 1 heterocycles. The Balaban J connectivity index is 2.53. The summed E-state index contributed by atoms with van der Waals surface area (Å²) in [6.45, 7) is 0. The molecule has 1 aromatic heterocycles. The van der Waals surface area contributed by atoms with Crippen LogP contribution >= 0.6 is 27.3 Å². The zero-order valence-corrected chi connectivity index (χ0v) is 10.8. The Bertz CT molecular complexity index is 524. The Hall–Kier alpha value is -1.20. The zero-order valence-electron chi connectivity index (χ0n) is 8.44. The van der Waals surface area contributed by atoms with E-state index in [2.05, 4.69) is 20.9 Å². The van der Waals surface area contributed by atoms with Crippen molar-refractivity contribution in [2.45, 2.75) is 0 Å². The fourth-order valence-corrected chi connectivity index (χ4v) is 2.43. The van der Waals surface area contributed by atoms with Gasteiger partial charge in [-0.15, -0.1) is 11.3 Å². The van der Waals surface area contributed by atoms with Crippen LogP contribution in [0.2, 0.25) is 0 Å². The Morgan fingerprint density at radius 2 is 2.31 bits per heavy atom. The Morgan fingerprint density at radius 3 is 2.94 bits per heavy atom. The van der Waals surface area contributed by atoms with Crippen LogP contribution in [0, 0.1) is 0 Å². The van der Waals surface area contributed by atoms with E-state index in [9.17, 15) is 4.79 Å². The Kier molecular flexibility index (Phi) is 3.36. The summed E-state index contributed by atoms with van der Waals surface area (Å²) < 4.78 is 6.21. The molecule has 0 bridgehead atoms. The first-order valence-electron chi connectivity index (χ1n) is 4.49. The normalized spacial score (nSPS) is 10.1. The molecule has 82 valence electrons. The molecule has 0 aliphatic rings. The van der Waals surface area contributed by atoms with Gasteiger partial charge in [0.15, 0.2) is 6.29 Å². The number of hydrogen-bond donors (Lipinski definition) is 0. The highest BCUT2D eigenvalue weighted by molar-refractivity contribution is 9.10. The minimum atomic E-state index is 0.608. The topological polar surface area (TPSA) is 39.2 Å². The Morgan fingerprint density at radius 1 is 1.50 bits per heavy atom. The maximum atomic E-state index is 10.6. The molecule has 0 radical (unpaired) electrons. The van der Waals surface area contributed by atoms with Crippen molar-refractivity contribution in [3.05, 3.63) is 33.7 Å². The van der Waals surface area contributed by atoms with Crippen molar-refractivity contribution in [1.82, 2.24) is 4.98 Å². The number of aldehydes is 1. The molecule has 0 saturated heterocycles. The lowest BCUT2D eigenvalue weighted by molar-refractivity contribution is 0.112. The van der Waals surface area contributed by atoms with E-state index in [1.807, 2.05) is 18.2 Å². The fourth-order valence-electron chi connectivity index (χ4n) is 1.31. The van der Waals surface area contributed by atoms with Gasteiger partial charge in [-0.1, -0.05) is 15.9 Å². The van der Waals surface area contributed by atoms with E-state index in [0.717, 1.165) is 27.1 Å². The van der Waals surface area contributed by atoms with E-state index in [1.54, 1.807) is 13.3 Å². The van der Waals surface area contributed by atoms with Crippen LogP contribution in [0.25, 0.3) is 10.6 Å². The van der Waals surface area contributed by atoms with E-state index in [-0.39, 0.29) is 0 Å². The van der Waals surface area contributed by atoms with Gasteiger partial charge < -0.3 is 4.74 Å². The molecule has 0 N–H and O–H groups in total. The van der Waals surface area contributed by atoms with Crippen LogP contribution in [-0.4, -0.2) is 18.4 Å². The molecule has 5 heteroatoms. The summed E-state index contributed by atoms with van der Waals surface area (Å²) >= 11 is 4.74. The maximum Gasteiger partial charge on any atom is 0.161 e. The van der Waals surface area contributed by atoms with Crippen molar-refractivity contribution >= 4 is 33.6 Å². The molecule has 0 spiro atoms. The Labute approximate surface area is 105 Å². The molecule has 0 saturated carbocycles. The van der Waals surface area contributed by atoms with Crippen molar-refractivity contribution in [3.63, 3.8) is 0 Å². The van der Waals surface area contributed by atoms with Crippen LogP contribution in [0.3, 0.4) is 0 Å². The predicted molar refractivity (Wildman–Crippen MR) is 67.2 cm³/mol. The van der Waals surface area contributed by atoms with Crippen LogP contribution in [0.1, 0.15) is 9.67 Å². The lowest BCUT2D eigenvalue weighted by Crippen LogP contribution is -1.87. The minimum Gasteiger partial charge on any atom is -0.496 e. The molecular formula is C11H8BrNO2S. The smallest absolute Gasteiger partial charge is 0.161 e. The summed E-state index contributed by atoms with van der Waals surface area (Å²) in [5, 5.41) is 0.778. The summed E-state index contributed by atoms with van der Waals surface area (Å²) in [5.41, 5.74) is 0.884. The number of ether oxygens (including phenoxy) is 1. The average molecular weight is 298 g/mol. The van der Waals surface area contributed by atoms with E-state index in [4.69, 9.17) is 4.74 Å². The number of aromatic nitrogens is 1. The van der Waals surface area contributed by atoms with E-state index < -0.39 is 0 Å². The lowest BCUT2D eigenvalue weighted by atomic mass is 10.2. The minimum absolute atomic E-state index is 0.608. The largest absolute Gasteiger partial charge is 0.496 e. The molecule has 16 heavy (non-hydrogen) atoms. The highest BCUT2D eigenvalue weighted by atomic mass is 79.9. The van der Waals surface area contributed by atoms with Gasteiger partial charge in [-0.3, -0.25) is 4.79 Å². The molecular weight excluding hydrogens is 290 g/mol. The van der Waals surface area contributed by atoms with Gasteiger partial charge >= 0.3 is 0 Å². The number of halogens is 1. The monoisotopic (exact) mass is 297 g/mol. The molecule has 0 unspecified atom stereocenters. The van der Waals surface area contributed by atoms with Crippen molar-refractivity contribution in [3.8, 4) is 16.3 Å². The number of hydrogen-bond acceptors (Lipinski definition) is 4. The van der Waals surface area contributed by atoms with Crippen molar-refractivity contribution in [2.24, 2.45) is 0 Å². The van der Waals surface area contributed by atoms with Gasteiger partial charge in [-0.05, 0) is 18.2 Å². The number of nitrogens with zero attached hydrogens (tertiary/aromatic N) is 1. The van der Waals surface area contributed by atoms with Gasteiger partial charge in [-0.25, -0.2) is 4.98 Å². The van der Waals surface area contributed by atoms with Crippen LogP contribution in [-0.2, 0) is 0 Å². The number of rotatable bonds is 3. The number of carbonyl (C=O) groups is 1. The summed E-state index contributed by atoms with van der Waals surface area (Å²) in [4.78, 5) is 15.4. The summed E-state index contributed by atoms with van der Waals surface area (Å²) in [5.74, 6) is 0.745. The standard InChI is InChI=1S/C11H8BrNO2S/c1-15-10-3-2-7(12)4-9(10)11-13-5-8(6-14)16-11/h2-6H,1H3. The van der Waals surface area contributed by atoms with Crippen molar-refractivity contribution < 1.29 is 9.53 Å². The fraction of sp³-hybridized carbons (Fsp3) is 0.0909. The second-order valence-electron chi connectivity index (χ2n) is 3.03. The molecule has 0 amide bonds. The number of methoxy groups -OCH3 is 1. The summed E-state index contributed by atoms with van der Waals surface area (Å²) in [6, 6.07) is 5.68. The SMILES string of the molecule is COc1ccc(Br)cc1-c1ncc(C=O)s1. The third kappa shape index (κ3) is 2.15. The highest BCUT2D eigenvalue weighted by Gasteiger charge is 2.10. The molecule has 0 fully saturated rings. The van der Waals surface area contributed by atoms with Crippen LogP contribution in [0.15, 0.2) is 28.9 Å². The number of benzene rings is 1. The third-order valence-corrected chi connectivity index (χ3v) is 3.48. The van der Waals surface area contributed by atoms with Crippen LogP contribution in [0.5, 0.6) is 5.75 Å². The second kappa shape index (κ2) is 4.76. The first kappa shape index (κ1) is 11.3. The first-order chi connectivity index (χ1) is 7.74. The van der Waals surface area contributed by atoms with Gasteiger partial charge in [0.2, 0.25) is 0 Å². The predicted octanol–water partition coefficient (Wildman–Crippen LogP) is 3.39. The van der Waals surface area contributed by atoms with E-state index >= 15 is 0 Å². The van der Waals surface area contributed by atoms with Crippen molar-refractivity contribution in [1.29, 1.82) is 0 Å². The highest BCUT2D eigenvalue weighted by Crippen LogP contribution is 2.34. The van der Waals surface area contributed by atoms with Crippen LogP contribution in [0.4, 0.5) is 0 Å². The quantitative estimate of drug-likeness (QED) is 0.815. The van der Waals surface area contributed by atoms with Gasteiger partial charge in [0.25, 0.3) is 0 Å². The maximum absolute atomic E-state index is 10.6. The first-order valence-corrected chi connectivity index (χ1v) is 6.10. The van der Waals surface area contributed by atoms with Crippen molar-refractivity contribution in [2.75, 3.05) is 7.11 Å². The van der Waals surface area contributed by atoms with Gasteiger partial charge in [0.05, 0.1) is 17.6 Å². The zero-order chi connectivity index (χ0) is 11.5. The third-order valence-electron chi connectivity index (χ3n) is 2.03. The molecule has 2 rings (SSSR count).